The molecule has 0 spiro atoms. The number of sulfonamides is 1. The molecule has 1 aliphatic carbocycles. The molecule has 1 heterocycles. The molecule has 0 saturated heterocycles. The molecule has 9 heteroatoms. The van der Waals surface area contributed by atoms with Gasteiger partial charge in [0.15, 0.2) is 0 Å². The van der Waals surface area contributed by atoms with Gasteiger partial charge in [-0.2, -0.15) is 0 Å². The van der Waals surface area contributed by atoms with Crippen LogP contribution in [-0.2, 0) is 26.0 Å². The lowest BCUT2D eigenvalue weighted by Gasteiger charge is -2.17. The number of hydrogen-bond acceptors (Lipinski definition) is 7. The maximum Gasteiger partial charge on any atom is 0.310 e. The molecule has 1 fully saturated rings. The number of anilines is 1. The average molecular weight is 319 g/mol. The van der Waals surface area contributed by atoms with E-state index in [1.54, 1.807) is 0 Å². The third kappa shape index (κ3) is 3.09. The summed E-state index contributed by atoms with van der Waals surface area (Å²) >= 11 is 1.21. The van der Waals surface area contributed by atoms with Crippen molar-refractivity contribution < 1.29 is 17.9 Å². The van der Waals surface area contributed by atoms with Crippen LogP contribution in [0.1, 0.15) is 31.2 Å². The fourth-order valence-electron chi connectivity index (χ4n) is 2.35. The van der Waals surface area contributed by atoms with Gasteiger partial charge in [-0.3, -0.25) is 9.52 Å². The number of ether oxygens (including phenoxy) is 1. The summed E-state index contributed by atoms with van der Waals surface area (Å²) in [4.78, 5) is 11.6. The van der Waals surface area contributed by atoms with Crippen LogP contribution < -0.4 is 4.72 Å². The van der Waals surface area contributed by atoms with E-state index in [9.17, 15) is 13.2 Å². The first-order valence-corrected chi connectivity index (χ1v) is 8.76. The van der Waals surface area contributed by atoms with Gasteiger partial charge in [0, 0.05) is 0 Å². The molecule has 1 N–H and O–H groups in total. The second kappa shape index (κ2) is 6.04. The van der Waals surface area contributed by atoms with Gasteiger partial charge >= 0.3 is 5.97 Å². The van der Waals surface area contributed by atoms with Gasteiger partial charge in [-0.1, -0.05) is 24.7 Å². The molecule has 112 valence electrons. The molecule has 1 aromatic rings. The predicted octanol–water partition coefficient (Wildman–Crippen LogP) is 1.18. The number of rotatable bonds is 5. The van der Waals surface area contributed by atoms with Crippen LogP contribution in [0.3, 0.4) is 0 Å². The normalized spacial score (nSPS) is 22.7. The van der Waals surface area contributed by atoms with Crippen LogP contribution in [0, 0.1) is 5.92 Å². The van der Waals surface area contributed by atoms with Crippen molar-refractivity contribution in [2.24, 2.45) is 5.92 Å². The molecule has 2 rings (SSSR count). The Labute approximate surface area is 121 Å². The van der Waals surface area contributed by atoms with Crippen molar-refractivity contribution in [1.29, 1.82) is 0 Å². The summed E-state index contributed by atoms with van der Waals surface area (Å²) in [5.41, 5.74) is 0. The molecule has 0 radical (unpaired) electrons. The van der Waals surface area contributed by atoms with E-state index in [1.807, 2.05) is 6.92 Å². The number of nitrogens with one attached hydrogen (secondary N) is 1. The Morgan fingerprint density at radius 1 is 1.45 bits per heavy atom. The third-order valence-corrected chi connectivity index (χ3v) is 6.31. The molecule has 0 aromatic carbocycles. The molecule has 20 heavy (non-hydrogen) atoms. The van der Waals surface area contributed by atoms with Crippen molar-refractivity contribution in [3.05, 3.63) is 5.01 Å². The van der Waals surface area contributed by atoms with Gasteiger partial charge in [-0.05, 0) is 19.3 Å². The smallest absolute Gasteiger partial charge is 0.310 e. The number of carbonyl (C=O) groups excluding carboxylic acids is 1. The van der Waals surface area contributed by atoms with Gasteiger partial charge in [-0.15, -0.1) is 10.2 Å². The van der Waals surface area contributed by atoms with E-state index >= 15 is 0 Å². The zero-order valence-corrected chi connectivity index (χ0v) is 13.0. The molecule has 7 nitrogen and oxygen atoms in total. The van der Waals surface area contributed by atoms with E-state index in [4.69, 9.17) is 0 Å². The molecule has 0 bridgehead atoms. The van der Waals surface area contributed by atoms with Gasteiger partial charge in [0.1, 0.15) is 5.01 Å². The Balaban J connectivity index is 2.15. The summed E-state index contributed by atoms with van der Waals surface area (Å²) in [6.45, 7) is 1.92. The van der Waals surface area contributed by atoms with Gasteiger partial charge in [0.05, 0.1) is 18.3 Å². The molecule has 2 unspecified atom stereocenters. The van der Waals surface area contributed by atoms with Crippen molar-refractivity contribution in [1.82, 2.24) is 10.2 Å². The number of aromatic nitrogens is 2. The molecule has 1 aliphatic rings. The Bertz CT molecular complexity index is 584. The highest BCUT2D eigenvalue weighted by Crippen LogP contribution is 2.33. The molecular weight excluding hydrogens is 302 g/mol. The van der Waals surface area contributed by atoms with Gasteiger partial charge in [0.25, 0.3) is 0 Å². The minimum Gasteiger partial charge on any atom is -0.469 e. The van der Waals surface area contributed by atoms with E-state index in [-0.39, 0.29) is 5.13 Å². The van der Waals surface area contributed by atoms with E-state index in [0.29, 0.717) is 25.7 Å². The summed E-state index contributed by atoms with van der Waals surface area (Å²) in [6, 6.07) is 0. The minimum atomic E-state index is -3.66. The maximum absolute atomic E-state index is 12.4. The third-order valence-electron chi connectivity index (χ3n) is 3.35. The fourth-order valence-corrected chi connectivity index (χ4v) is 4.99. The van der Waals surface area contributed by atoms with Crippen LogP contribution >= 0.6 is 11.3 Å². The SMILES string of the molecule is CCc1nnc(NS(=O)(=O)C2CCCC2C(=O)OC)s1. The zero-order valence-electron chi connectivity index (χ0n) is 11.3. The number of methoxy groups -OCH3 is 1. The number of hydrogen-bond donors (Lipinski definition) is 1. The lowest BCUT2D eigenvalue weighted by molar-refractivity contribution is -0.145. The van der Waals surface area contributed by atoms with Gasteiger partial charge in [-0.25, -0.2) is 8.42 Å². The van der Waals surface area contributed by atoms with Crippen molar-refractivity contribution in [2.45, 2.75) is 37.9 Å². The van der Waals surface area contributed by atoms with Crippen LogP contribution in [0.5, 0.6) is 0 Å². The van der Waals surface area contributed by atoms with Crippen LogP contribution in [-0.4, -0.2) is 36.9 Å². The van der Waals surface area contributed by atoms with Crippen molar-refractivity contribution in [3.8, 4) is 0 Å². The lowest BCUT2D eigenvalue weighted by Crippen LogP contribution is -2.35. The molecule has 2 atom stereocenters. The Hall–Kier alpha value is -1.22. The summed E-state index contributed by atoms with van der Waals surface area (Å²) in [5, 5.41) is 7.91. The maximum atomic E-state index is 12.4. The van der Waals surface area contributed by atoms with Crippen molar-refractivity contribution in [3.63, 3.8) is 0 Å². The van der Waals surface area contributed by atoms with Crippen LogP contribution in [0.2, 0.25) is 0 Å². The first-order valence-electron chi connectivity index (χ1n) is 6.39. The second-order valence-corrected chi connectivity index (χ2v) is 7.56. The summed E-state index contributed by atoms with van der Waals surface area (Å²) in [6.07, 6.45) is 2.39. The quantitative estimate of drug-likeness (QED) is 0.818. The number of nitrogens with zero attached hydrogens (tertiary/aromatic N) is 2. The molecule has 0 amide bonds. The molecular formula is C11H17N3O4S2. The Morgan fingerprint density at radius 2 is 2.20 bits per heavy atom. The Kier molecular flexibility index (Phi) is 4.59. The average Bonchev–Trinajstić information content (AvgIpc) is 3.05. The topological polar surface area (TPSA) is 98.3 Å². The van der Waals surface area contributed by atoms with E-state index < -0.39 is 27.2 Å². The van der Waals surface area contributed by atoms with Crippen LogP contribution in [0.15, 0.2) is 0 Å². The predicted molar refractivity (Wildman–Crippen MR) is 75.0 cm³/mol. The lowest BCUT2D eigenvalue weighted by atomic mass is 10.1. The zero-order chi connectivity index (χ0) is 14.8. The highest BCUT2D eigenvalue weighted by atomic mass is 32.2. The summed E-state index contributed by atoms with van der Waals surface area (Å²) in [7, 11) is -2.38. The highest BCUT2D eigenvalue weighted by Gasteiger charge is 2.42. The van der Waals surface area contributed by atoms with E-state index in [2.05, 4.69) is 19.7 Å². The van der Waals surface area contributed by atoms with Crippen molar-refractivity contribution >= 4 is 32.5 Å². The molecule has 1 saturated carbocycles. The minimum absolute atomic E-state index is 0.248. The number of carbonyl (C=O) groups is 1. The largest absolute Gasteiger partial charge is 0.469 e. The van der Waals surface area contributed by atoms with Crippen molar-refractivity contribution in [2.75, 3.05) is 11.8 Å². The fraction of sp³-hybridized carbons (Fsp3) is 0.727. The molecule has 0 aliphatic heterocycles. The van der Waals surface area contributed by atoms with Gasteiger partial charge in [0.2, 0.25) is 15.2 Å². The summed E-state index contributed by atoms with van der Waals surface area (Å²) < 4.78 is 31.8. The van der Waals surface area contributed by atoms with E-state index in [1.165, 1.54) is 18.4 Å². The number of esters is 1. The highest BCUT2D eigenvalue weighted by molar-refractivity contribution is 7.93. The number of aryl methyl sites for hydroxylation is 1. The summed E-state index contributed by atoms with van der Waals surface area (Å²) in [5.74, 6) is -1.07. The second-order valence-electron chi connectivity index (χ2n) is 4.60. The van der Waals surface area contributed by atoms with E-state index in [0.717, 1.165) is 5.01 Å². The Morgan fingerprint density at radius 3 is 2.80 bits per heavy atom. The van der Waals surface area contributed by atoms with Crippen LogP contribution in [0.4, 0.5) is 5.13 Å². The monoisotopic (exact) mass is 319 g/mol. The van der Waals surface area contributed by atoms with Gasteiger partial charge < -0.3 is 4.74 Å². The first-order chi connectivity index (χ1) is 9.47. The molecule has 1 aromatic heterocycles. The standard InChI is InChI=1S/C11H17N3O4S2/c1-3-9-12-13-11(19-9)14-20(16,17)8-6-4-5-7(8)10(15)18-2/h7-8H,3-6H2,1-2H3,(H,13,14). The first kappa shape index (κ1) is 15.2. The van der Waals surface area contributed by atoms with Crippen LogP contribution in [0.25, 0.3) is 0 Å².